The fourth-order valence-electron chi connectivity index (χ4n) is 4.36. The molecule has 4 N–H and O–H groups in total. The van der Waals surface area contributed by atoms with E-state index in [1.54, 1.807) is 0 Å². The van der Waals surface area contributed by atoms with Crippen molar-refractivity contribution in [3.8, 4) is 0 Å². The second kappa shape index (κ2) is 14.8. The maximum atomic E-state index is 6.87. The van der Waals surface area contributed by atoms with Crippen LogP contribution in [0.5, 0.6) is 0 Å². The third-order valence-electron chi connectivity index (χ3n) is 6.15. The SMILES string of the molecule is CCCCCc1c(N)c(CCCCC)c(CCCCC)c(N)c1CCCCC. The van der Waals surface area contributed by atoms with E-state index in [-0.39, 0.29) is 0 Å². The molecule has 162 valence electrons. The summed E-state index contributed by atoms with van der Waals surface area (Å²) in [5.41, 5.74) is 21.5. The van der Waals surface area contributed by atoms with Crippen LogP contribution in [0.2, 0.25) is 0 Å². The zero-order chi connectivity index (χ0) is 20.8. The van der Waals surface area contributed by atoms with Gasteiger partial charge < -0.3 is 11.5 Å². The Hall–Kier alpha value is -1.18. The predicted octanol–water partition coefficient (Wildman–Crippen LogP) is 7.78. The van der Waals surface area contributed by atoms with Gasteiger partial charge in [-0.05, 0) is 73.6 Å². The molecule has 0 amide bonds. The summed E-state index contributed by atoms with van der Waals surface area (Å²) in [7, 11) is 0. The Morgan fingerprint density at radius 2 is 0.607 bits per heavy atom. The molecule has 0 aliphatic carbocycles. The molecule has 0 unspecified atom stereocenters. The molecule has 0 atom stereocenters. The van der Waals surface area contributed by atoms with E-state index in [4.69, 9.17) is 11.5 Å². The van der Waals surface area contributed by atoms with Crippen molar-refractivity contribution >= 4 is 11.4 Å². The molecule has 28 heavy (non-hydrogen) atoms. The molecule has 0 aliphatic rings. The number of nitrogen functional groups attached to an aromatic ring is 2. The first-order valence-corrected chi connectivity index (χ1v) is 12.3. The molecule has 0 aliphatic heterocycles. The lowest BCUT2D eigenvalue weighted by Crippen LogP contribution is -2.13. The van der Waals surface area contributed by atoms with Crippen LogP contribution in [0, 0.1) is 0 Å². The summed E-state index contributed by atoms with van der Waals surface area (Å²) >= 11 is 0. The monoisotopic (exact) mass is 388 g/mol. The lowest BCUT2D eigenvalue weighted by atomic mass is 9.84. The van der Waals surface area contributed by atoms with Gasteiger partial charge in [-0.25, -0.2) is 0 Å². The lowest BCUT2D eigenvalue weighted by molar-refractivity contribution is 0.681. The average Bonchev–Trinajstić information content (AvgIpc) is 2.69. The van der Waals surface area contributed by atoms with Gasteiger partial charge >= 0.3 is 0 Å². The van der Waals surface area contributed by atoms with Gasteiger partial charge in [-0.15, -0.1) is 0 Å². The summed E-state index contributed by atoms with van der Waals surface area (Å²) in [5, 5.41) is 0. The number of hydrogen-bond donors (Lipinski definition) is 2. The minimum Gasteiger partial charge on any atom is -0.398 e. The van der Waals surface area contributed by atoms with Gasteiger partial charge in [0.1, 0.15) is 0 Å². The van der Waals surface area contributed by atoms with Crippen molar-refractivity contribution in [2.24, 2.45) is 0 Å². The fraction of sp³-hybridized carbons (Fsp3) is 0.769. The van der Waals surface area contributed by atoms with Crippen molar-refractivity contribution in [3.63, 3.8) is 0 Å². The van der Waals surface area contributed by atoms with Crippen LogP contribution >= 0.6 is 0 Å². The van der Waals surface area contributed by atoms with Gasteiger partial charge in [0.2, 0.25) is 0 Å². The van der Waals surface area contributed by atoms with Crippen LogP contribution in [0.4, 0.5) is 11.4 Å². The third kappa shape index (κ3) is 7.68. The van der Waals surface area contributed by atoms with E-state index >= 15 is 0 Å². The van der Waals surface area contributed by atoms with Crippen LogP contribution in [-0.2, 0) is 25.7 Å². The van der Waals surface area contributed by atoms with Gasteiger partial charge in [0.05, 0.1) is 0 Å². The van der Waals surface area contributed by atoms with E-state index in [0.717, 1.165) is 37.1 Å². The van der Waals surface area contributed by atoms with E-state index in [9.17, 15) is 0 Å². The molecule has 0 radical (unpaired) electrons. The lowest BCUT2D eigenvalue weighted by Gasteiger charge is -2.24. The van der Waals surface area contributed by atoms with Gasteiger partial charge in [-0.3, -0.25) is 0 Å². The number of anilines is 2. The van der Waals surface area contributed by atoms with Gasteiger partial charge in [-0.1, -0.05) is 79.1 Å². The highest BCUT2D eigenvalue weighted by atomic mass is 14.6. The number of rotatable bonds is 16. The second-order valence-electron chi connectivity index (χ2n) is 8.57. The van der Waals surface area contributed by atoms with Gasteiger partial charge in [0.15, 0.2) is 0 Å². The largest absolute Gasteiger partial charge is 0.398 e. The molecule has 1 rings (SSSR count). The molecule has 1 aromatic carbocycles. The van der Waals surface area contributed by atoms with Gasteiger partial charge in [0, 0.05) is 11.4 Å². The highest BCUT2D eigenvalue weighted by molar-refractivity contribution is 5.71. The maximum Gasteiger partial charge on any atom is 0.0386 e. The average molecular weight is 389 g/mol. The van der Waals surface area contributed by atoms with Gasteiger partial charge in [-0.2, -0.15) is 0 Å². The zero-order valence-electron chi connectivity index (χ0n) is 19.5. The molecule has 0 fully saturated rings. The first kappa shape index (κ1) is 24.9. The maximum absolute atomic E-state index is 6.87. The number of hydrogen-bond acceptors (Lipinski definition) is 2. The summed E-state index contributed by atoms with van der Waals surface area (Å²) in [5.74, 6) is 0. The van der Waals surface area contributed by atoms with Crippen molar-refractivity contribution in [2.75, 3.05) is 11.5 Å². The first-order valence-electron chi connectivity index (χ1n) is 12.3. The predicted molar refractivity (Wildman–Crippen MR) is 128 cm³/mol. The van der Waals surface area contributed by atoms with E-state index in [1.807, 2.05) is 0 Å². The molecular weight excluding hydrogens is 340 g/mol. The summed E-state index contributed by atoms with van der Waals surface area (Å²) in [6.45, 7) is 9.08. The molecule has 0 saturated carbocycles. The zero-order valence-corrected chi connectivity index (χ0v) is 19.5. The first-order chi connectivity index (χ1) is 13.6. The van der Waals surface area contributed by atoms with Crippen LogP contribution in [0.15, 0.2) is 0 Å². The Labute approximate surface area is 175 Å². The molecule has 2 nitrogen and oxygen atoms in total. The molecular formula is C26H48N2. The van der Waals surface area contributed by atoms with Crippen LogP contribution in [0.25, 0.3) is 0 Å². The van der Waals surface area contributed by atoms with Crippen molar-refractivity contribution < 1.29 is 0 Å². The minimum atomic E-state index is 1.10. The van der Waals surface area contributed by atoms with Gasteiger partial charge in [0.25, 0.3) is 0 Å². The highest BCUT2D eigenvalue weighted by Crippen LogP contribution is 2.37. The molecule has 2 heteroatoms. The molecule has 0 saturated heterocycles. The summed E-state index contributed by atoms with van der Waals surface area (Å²) in [6.07, 6.45) is 19.4. The summed E-state index contributed by atoms with van der Waals surface area (Å²) in [4.78, 5) is 0. The summed E-state index contributed by atoms with van der Waals surface area (Å²) < 4.78 is 0. The van der Waals surface area contributed by atoms with Crippen LogP contribution in [-0.4, -0.2) is 0 Å². The number of nitrogens with two attached hydrogens (primary N) is 2. The molecule has 1 aromatic rings. The van der Waals surface area contributed by atoms with Crippen molar-refractivity contribution in [1.82, 2.24) is 0 Å². The normalized spacial score (nSPS) is 11.3. The standard InChI is InChI=1S/C26H48N2/c1-5-9-13-17-21-22(18-14-10-6-2)26(28)24(20-16-12-8-4)23(25(21)27)19-15-11-7-3/h5-20,27-28H2,1-4H3. The fourth-order valence-corrected chi connectivity index (χ4v) is 4.36. The van der Waals surface area contributed by atoms with Crippen molar-refractivity contribution in [3.05, 3.63) is 22.3 Å². The van der Waals surface area contributed by atoms with Crippen LogP contribution in [0.3, 0.4) is 0 Å². The van der Waals surface area contributed by atoms with Crippen molar-refractivity contribution in [1.29, 1.82) is 0 Å². The second-order valence-corrected chi connectivity index (χ2v) is 8.57. The van der Waals surface area contributed by atoms with Crippen LogP contribution < -0.4 is 11.5 Å². The number of benzene rings is 1. The van der Waals surface area contributed by atoms with E-state index in [0.29, 0.717) is 0 Å². The highest BCUT2D eigenvalue weighted by Gasteiger charge is 2.20. The van der Waals surface area contributed by atoms with E-state index < -0.39 is 0 Å². The molecule has 0 spiro atoms. The topological polar surface area (TPSA) is 52.0 Å². The Bertz CT molecular complexity index is 454. The Balaban J connectivity index is 3.30. The van der Waals surface area contributed by atoms with Crippen LogP contribution in [0.1, 0.15) is 127 Å². The van der Waals surface area contributed by atoms with E-state index in [1.165, 1.54) is 99.3 Å². The summed E-state index contributed by atoms with van der Waals surface area (Å²) in [6, 6.07) is 0. The number of unbranched alkanes of at least 4 members (excludes halogenated alkanes) is 8. The van der Waals surface area contributed by atoms with E-state index in [2.05, 4.69) is 27.7 Å². The molecule has 0 heterocycles. The smallest absolute Gasteiger partial charge is 0.0386 e. The Morgan fingerprint density at radius 1 is 0.393 bits per heavy atom. The molecule has 0 bridgehead atoms. The molecule has 0 aromatic heterocycles. The van der Waals surface area contributed by atoms with Crippen molar-refractivity contribution in [2.45, 2.75) is 130 Å². The Morgan fingerprint density at radius 3 is 0.786 bits per heavy atom. The quantitative estimate of drug-likeness (QED) is 0.224. The minimum absolute atomic E-state index is 1.10. The third-order valence-corrected chi connectivity index (χ3v) is 6.15. The Kier molecular flexibility index (Phi) is 13.1.